The van der Waals surface area contributed by atoms with Crippen LogP contribution in [0, 0.1) is 0 Å². The zero-order chi connectivity index (χ0) is 21.4. The standard InChI is InChI=1S/C18H16F6N4O/c1-27(12-4-6-25-7-5-12)16(29)13-3-2-8-28(13)15-10-11(17(19,20)21)9-14(26-15)18(22,23)24/h4-7,9-10,13H,2-3,8H2,1H3/t13-/m0/s1. The molecule has 2 aromatic heterocycles. The number of rotatable bonds is 3. The average molecular weight is 418 g/mol. The highest BCUT2D eigenvalue weighted by Crippen LogP contribution is 2.38. The summed E-state index contributed by atoms with van der Waals surface area (Å²) in [4.78, 5) is 22.6. The minimum atomic E-state index is -5.05. The summed E-state index contributed by atoms with van der Waals surface area (Å²) in [7, 11) is 1.48. The van der Waals surface area contributed by atoms with Gasteiger partial charge in [-0.1, -0.05) is 0 Å². The van der Waals surface area contributed by atoms with Gasteiger partial charge in [0, 0.05) is 31.7 Å². The van der Waals surface area contributed by atoms with Crippen LogP contribution in [0.1, 0.15) is 24.1 Å². The molecule has 3 heterocycles. The van der Waals surface area contributed by atoms with Crippen LogP contribution in [0.25, 0.3) is 0 Å². The first kappa shape index (κ1) is 20.9. The minimum Gasteiger partial charge on any atom is -0.345 e. The second-order valence-corrected chi connectivity index (χ2v) is 6.55. The lowest BCUT2D eigenvalue weighted by Gasteiger charge is -2.29. The van der Waals surface area contributed by atoms with Crippen LogP contribution in [0.5, 0.6) is 0 Å². The van der Waals surface area contributed by atoms with Gasteiger partial charge in [0.1, 0.15) is 17.6 Å². The first-order chi connectivity index (χ1) is 13.5. The van der Waals surface area contributed by atoms with Gasteiger partial charge in [-0.05, 0) is 37.1 Å². The Morgan fingerprint density at radius 1 is 1.10 bits per heavy atom. The largest absolute Gasteiger partial charge is 0.433 e. The second kappa shape index (κ2) is 7.53. The number of carbonyl (C=O) groups is 1. The molecule has 29 heavy (non-hydrogen) atoms. The minimum absolute atomic E-state index is 0.0283. The molecule has 0 bridgehead atoms. The lowest BCUT2D eigenvalue weighted by molar-refractivity contribution is -0.145. The van der Waals surface area contributed by atoms with Gasteiger partial charge in [0.25, 0.3) is 0 Å². The van der Waals surface area contributed by atoms with Crippen molar-refractivity contribution < 1.29 is 31.1 Å². The molecule has 11 heteroatoms. The molecule has 1 amide bonds. The van der Waals surface area contributed by atoms with Gasteiger partial charge >= 0.3 is 12.4 Å². The average Bonchev–Trinajstić information content (AvgIpc) is 3.15. The predicted molar refractivity (Wildman–Crippen MR) is 92.3 cm³/mol. The molecule has 0 aliphatic carbocycles. The van der Waals surface area contributed by atoms with E-state index < -0.39 is 41.4 Å². The summed E-state index contributed by atoms with van der Waals surface area (Å²) >= 11 is 0. The number of hydrogen-bond acceptors (Lipinski definition) is 4. The number of hydrogen-bond donors (Lipinski definition) is 0. The van der Waals surface area contributed by atoms with Gasteiger partial charge in [-0.2, -0.15) is 26.3 Å². The van der Waals surface area contributed by atoms with Crippen LogP contribution in [0.15, 0.2) is 36.7 Å². The molecule has 0 spiro atoms. The Hall–Kier alpha value is -2.85. The topological polar surface area (TPSA) is 49.3 Å². The van der Waals surface area contributed by atoms with E-state index in [1.165, 1.54) is 29.2 Å². The first-order valence-electron chi connectivity index (χ1n) is 8.59. The van der Waals surface area contributed by atoms with Crippen molar-refractivity contribution in [2.45, 2.75) is 31.2 Å². The molecule has 1 fully saturated rings. The van der Waals surface area contributed by atoms with E-state index >= 15 is 0 Å². The lowest BCUT2D eigenvalue weighted by atomic mass is 10.1. The van der Waals surface area contributed by atoms with Crippen molar-refractivity contribution in [3.8, 4) is 0 Å². The smallest absolute Gasteiger partial charge is 0.345 e. The molecule has 0 radical (unpaired) electrons. The number of aromatic nitrogens is 2. The number of likely N-dealkylation sites (N-methyl/N-ethyl adjacent to an activating group) is 1. The van der Waals surface area contributed by atoms with Crippen molar-refractivity contribution in [3.63, 3.8) is 0 Å². The Labute approximate surface area is 162 Å². The van der Waals surface area contributed by atoms with Crippen LogP contribution in [0.3, 0.4) is 0 Å². The maximum Gasteiger partial charge on any atom is 0.433 e. The van der Waals surface area contributed by atoms with E-state index in [1.807, 2.05) is 0 Å². The lowest BCUT2D eigenvalue weighted by Crippen LogP contribution is -2.45. The Balaban J connectivity index is 1.97. The molecule has 0 N–H and O–H groups in total. The molecule has 2 aromatic rings. The summed E-state index contributed by atoms with van der Waals surface area (Å²) in [6.07, 6.45) is -6.38. The van der Waals surface area contributed by atoms with Crippen molar-refractivity contribution in [2.24, 2.45) is 0 Å². The van der Waals surface area contributed by atoms with E-state index in [0.29, 0.717) is 18.2 Å². The third-order valence-corrected chi connectivity index (χ3v) is 4.64. The van der Waals surface area contributed by atoms with Crippen LogP contribution in [0.4, 0.5) is 37.8 Å². The van der Waals surface area contributed by atoms with E-state index in [-0.39, 0.29) is 19.0 Å². The van der Waals surface area contributed by atoms with Gasteiger partial charge in [0.15, 0.2) is 0 Å². The fraction of sp³-hybridized carbons (Fsp3) is 0.389. The molecule has 0 aromatic carbocycles. The van der Waals surface area contributed by atoms with Crippen molar-refractivity contribution >= 4 is 17.4 Å². The Morgan fingerprint density at radius 2 is 1.76 bits per heavy atom. The van der Waals surface area contributed by atoms with Crippen LogP contribution >= 0.6 is 0 Å². The number of carbonyl (C=O) groups excluding carboxylic acids is 1. The van der Waals surface area contributed by atoms with E-state index in [1.54, 1.807) is 12.1 Å². The van der Waals surface area contributed by atoms with Crippen molar-refractivity contribution in [1.29, 1.82) is 0 Å². The molecular weight excluding hydrogens is 402 g/mol. The summed E-state index contributed by atoms with van der Waals surface area (Å²) in [5.41, 5.74) is -2.61. The maximum absolute atomic E-state index is 13.1. The van der Waals surface area contributed by atoms with E-state index in [9.17, 15) is 31.1 Å². The number of nitrogens with zero attached hydrogens (tertiary/aromatic N) is 4. The third kappa shape index (κ3) is 4.43. The van der Waals surface area contributed by atoms with Crippen LogP contribution in [-0.2, 0) is 17.1 Å². The SMILES string of the molecule is CN(C(=O)[C@@H]1CCCN1c1cc(C(F)(F)F)cc(C(F)(F)F)n1)c1ccncc1. The summed E-state index contributed by atoms with van der Waals surface area (Å²) < 4.78 is 78.7. The summed E-state index contributed by atoms with van der Waals surface area (Å²) in [6, 6.07) is 2.74. The van der Waals surface area contributed by atoms with Gasteiger partial charge in [-0.25, -0.2) is 4.98 Å². The first-order valence-corrected chi connectivity index (χ1v) is 8.59. The van der Waals surface area contributed by atoms with Gasteiger partial charge in [-0.3, -0.25) is 9.78 Å². The predicted octanol–water partition coefficient (Wildman–Crippen LogP) is 4.15. The molecule has 0 saturated carbocycles. The molecule has 1 aliphatic heterocycles. The fourth-order valence-electron chi connectivity index (χ4n) is 3.19. The van der Waals surface area contributed by atoms with Gasteiger partial charge < -0.3 is 9.80 Å². The fourth-order valence-corrected chi connectivity index (χ4v) is 3.19. The highest BCUT2D eigenvalue weighted by molar-refractivity contribution is 5.98. The number of halogens is 6. The molecule has 1 saturated heterocycles. The monoisotopic (exact) mass is 418 g/mol. The zero-order valence-electron chi connectivity index (χ0n) is 15.1. The number of pyridine rings is 2. The molecular formula is C18H16F6N4O. The molecule has 5 nitrogen and oxygen atoms in total. The molecule has 3 rings (SSSR count). The molecule has 1 aliphatic rings. The normalized spacial score (nSPS) is 17.5. The second-order valence-electron chi connectivity index (χ2n) is 6.55. The van der Waals surface area contributed by atoms with E-state index in [4.69, 9.17) is 0 Å². The molecule has 0 unspecified atom stereocenters. The molecule has 1 atom stereocenters. The Bertz CT molecular complexity index is 852. The number of anilines is 2. The van der Waals surface area contributed by atoms with Gasteiger partial charge in [-0.15, -0.1) is 0 Å². The van der Waals surface area contributed by atoms with Crippen molar-refractivity contribution in [1.82, 2.24) is 9.97 Å². The summed E-state index contributed by atoms with van der Waals surface area (Å²) in [5.74, 6) is -0.979. The highest BCUT2D eigenvalue weighted by Gasteiger charge is 2.41. The number of amides is 1. The maximum atomic E-state index is 13.1. The van der Waals surface area contributed by atoms with E-state index in [2.05, 4.69) is 9.97 Å². The van der Waals surface area contributed by atoms with Crippen LogP contribution in [0.2, 0.25) is 0 Å². The summed E-state index contributed by atoms with van der Waals surface area (Å²) in [5, 5.41) is 0. The Kier molecular flexibility index (Phi) is 5.42. The van der Waals surface area contributed by atoms with Crippen molar-refractivity contribution in [2.75, 3.05) is 23.4 Å². The number of alkyl halides is 6. The van der Waals surface area contributed by atoms with Crippen molar-refractivity contribution in [3.05, 3.63) is 47.9 Å². The third-order valence-electron chi connectivity index (χ3n) is 4.64. The quantitative estimate of drug-likeness (QED) is 0.703. The van der Waals surface area contributed by atoms with Gasteiger partial charge in [0.05, 0.1) is 5.56 Å². The Morgan fingerprint density at radius 3 is 2.34 bits per heavy atom. The highest BCUT2D eigenvalue weighted by atomic mass is 19.4. The van der Waals surface area contributed by atoms with Gasteiger partial charge in [0.2, 0.25) is 5.91 Å². The zero-order valence-corrected chi connectivity index (χ0v) is 15.1. The van der Waals surface area contributed by atoms with E-state index in [0.717, 1.165) is 0 Å². The van der Waals surface area contributed by atoms with Crippen LogP contribution in [-0.4, -0.2) is 35.5 Å². The summed E-state index contributed by atoms with van der Waals surface area (Å²) in [6.45, 7) is 0.117. The molecule has 156 valence electrons. The van der Waals surface area contributed by atoms with Crippen LogP contribution < -0.4 is 9.80 Å².